The Balaban J connectivity index is 0.856. The number of furan rings is 1. The Kier molecular flexibility index (Phi) is 12.3. The minimum atomic E-state index is -3.20. The minimum absolute atomic E-state index is 0.814. The second-order valence-corrected chi connectivity index (χ2v) is 31.9. The van der Waals surface area contributed by atoms with Crippen molar-refractivity contribution in [2.45, 2.75) is 6.04 Å². The molecule has 6 heteroatoms. The predicted molar refractivity (Wildman–Crippen MR) is 388 cm³/mol. The van der Waals surface area contributed by atoms with Gasteiger partial charge in [-0.1, -0.05) is 273 Å². The van der Waals surface area contributed by atoms with Gasteiger partial charge in [0, 0.05) is 49.1 Å². The lowest BCUT2D eigenvalue weighted by Gasteiger charge is -2.35. The molecule has 0 aliphatic rings. The summed E-state index contributed by atoms with van der Waals surface area (Å²) in [6, 6.07) is 130. The Labute approximate surface area is 529 Å². The molecule has 0 spiro atoms. The zero-order chi connectivity index (χ0) is 60.0. The second-order valence-electron chi connectivity index (χ2n) is 24.2. The van der Waals surface area contributed by atoms with Gasteiger partial charge in [0.05, 0.1) is 44.2 Å². The molecule has 0 saturated heterocycles. The number of para-hydroxylation sites is 5. The van der Waals surface area contributed by atoms with Crippen LogP contribution < -0.4 is 36.3 Å². The maximum absolute atomic E-state index is 7.23. The molecular weight excluding hydrogens is 1140 g/mol. The van der Waals surface area contributed by atoms with Crippen LogP contribution >= 0.6 is 0 Å². The van der Waals surface area contributed by atoms with Crippen molar-refractivity contribution in [1.82, 2.24) is 13.7 Å². The number of benzene rings is 14. The number of hydrogen-bond donors (Lipinski definition) is 0. The fraction of sp³-hybridized carbons (Fsp3) is 0.0118. The fourth-order valence-corrected chi connectivity index (χ4v) is 25.6. The van der Waals surface area contributed by atoms with E-state index >= 15 is 0 Å². The van der Waals surface area contributed by atoms with Gasteiger partial charge in [-0.3, -0.25) is 0 Å². The van der Waals surface area contributed by atoms with E-state index in [1.54, 1.807) is 0 Å². The molecule has 91 heavy (non-hydrogen) atoms. The monoisotopic (exact) mass is 1190 g/mol. The molecule has 0 radical (unpaired) electrons. The lowest BCUT2D eigenvalue weighted by Crippen LogP contribution is -2.74. The number of hydrogen-bond acceptors (Lipinski definition) is 1. The predicted octanol–water partition coefficient (Wildman–Crippen LogP) is 16.5. The Morgan fingerprint density at radius 1 is 0.264 bits per heavy atom. The standard InChI is InChI=1S/C85H59N3OSi2/c1-7-28-60(29-8-1)86-74-44-23-19-41-69(74)73-57-67(52-55-77(73)86)91(65-36-15-5-16-37-65,66-38-17-6-18-39-66)82-49-27-47-79-83(82)70-42-21-25-46-76(70)87(79)61-51-54-78-72(56-61)68-40-20-24-45-75(68)88(78)80-53-50-59(85-84(80)71-43-22-26-48-81(71)89-85)58-90(62-30-9-2-10-31-62,63-32-11-3-12-33-63)64-34-13-4-14-35-64/h1-57H,58H2. The first-order chi connectivity index (χ1) is 45.2. The van der Waals surface area contributed by atoms with Gasteiger partial charge in [-0.25, -0.2) is 0 Å². The van der Waals surface area contributed by atoms with Gasteiger partial charge in [0.2, 0.25) is 0 Å². The summed E-state index contributed by atoms with van der Waals surface area (Å²) in [5, 5.41) is 19.1. The van der Waals surface area contributed by atoms with Crippen molar-refractivity contribution in [2.75, 3.05) is 0 Å². The van der Waals surface area contributed by atoms with Gasteiger partial charge in [-0.2, -0.15) is 0 Å². The molecule has 0 unspecified atom stereocenters. The highest BCUT2D eigenvalue weighted by molar-refractivity contribution is 7.21. The van der Waals surface area contributed by atoms with E-state index in [2.05, 4.69) is 359 Å². The molecule has 0 atom stereocenters. The molecule has 0 N–H and O–H groups in total. The molecule has 4 nitrogen and oxygen atoms in total. The highest BCUT2D eigenvalue weighted by Crippen LogP contribution is 2.43. The molecular formula is C85H59N3OSi2. The topological polar surface area (TPSA) is 27.9 Å². The highest BCUT2D eigenvalue weighted by atomic mass is 28.3. The maximum atomic E-state index is 7.23. The van der Waals surface area contributed by atoms with Crippen molar-refractivity contribution in [2.24, 2.45) is 0 Å². The number of fused-ring (bicyclic) bond motifs is 12. The summed E-state index contributed by atoms with van der Waals surface area (Å²) in [6.45, 7) is 0. The molecule has 0 saturated carbocycles. The zero-order valence-electron chi connectivity index (χ0n) is 49.9. The van der Waals surface area contributed by atoms with Crippen molar-refractivity contribution >= 4 is 140 Å². The summed E-state index contributed by atoms with van der Waals surface area (Å²) in [4.78, 5) is 0. The fourth-order valence-electron chi connectivity index (χ4n) is 15.8. The Morgan fingerprint density at radius 3 is 1.31 bits per heavy atom. The third-order valence-electron chi connectivity index (χ3n) is 19.6. The summed E-state index contributed by atoms with van der Waals surface area (Å²) in [6.07, 6.45) is 0. The molecule has 18 aromatic rings. The lowest BCUT2D eigenvalue weighted by molar-refractivity contribution is 0.665. The Morgan fingerprint density at radius 2 is 0.703 bits per heavy atom. The highest BCUT2D eigenvalue weighted by Gasteiger charge is 2.44. The van der Waals surface area contributed by atoms with Crippen LogP contribution in [0.4, 0.5) is 0 Å². The van der Waals surface area contributed by atoms with Crippen LogP contribution in [0.25, 0.3) is 104 Å². The lowest BCUT2D eigenvalue weighted by atomic mass is 10.1. The second kappa shape index (κ2) is 21.2. The van der Waals surface area contributed by atoms with E-state index < -0.39 is 16.1 Å². The van der Waals surface area contributed by atoms with Gasteiger partial charge in [0.25, 0.3) is 0 Å². The average Bonchev–Trinajstić information content (AvgIpc) is 1.79. The van der Waals surface area contributed by atoms with Crippen LogP contribution in [0.1, 0.15) is 5.56 Å². The summed E-state index contributed by atoms with van der Waals surface area (Å²) in [5.74, 6) is 0. The van der Waals surface area contributed by atoms with E-state index in [-0.39, 0.29) is 0 Å². The largest absolute Gasteiger partial charge is 0.456 e. The Bertz CT molecular complexity index is 5660. The number of nitrogens with zero attached hydrogens (tertiary/aromatic N) is 3. The van der Waals surface area contributed by atoms with Gasteiger partial charge in [0.15, 0.2) is 16.1 Å². The molecule has 4 heterocycles. The quantitative estimate of drug-likeness (QED) is 0.0885. The third kappa shape index (κ3) is 7.99. The van der Waals surface area contributed by atoms with Crippen molar-refractivity contribution in [3.8, 4) is 17.1 Å². The summed E-state index contributed by atoms with van der Waals surface area (Å²) >= 11 is 0. The molecule has 0 fully saturated rings. The molecule has 0 aliphatic heterocycles. The van der Waals surface area contributed by atoms with E-state index in [9.17, 15) is 0 Å². The van der Waals surface area contributed by atoms with Crippen LogP contribution in [-0.4, -0.2) is 29.8 Å². The molecule has 14 aromatic carbocycles. The average molecular weight is 1190 g/mol. The number of aromatic nitrogens is 3. The Hall–Kier alpha value is -11.3. The first-order valence-electron chi connectivity index (χ1n) is 31.5. The van der Waals surface area contributed by atoms with E-state index in [0.29, 0.717) is 0 Å². The van der Waals surface area contributed by atoms with Crippen LogP contribution in [0.3, 0.4) is 0 Å². The molecule has 0 aliphatic carbocycles. The van der Waals surface area contributed by atoms with E-state index in [1.807, 2.05) is 0 Å². The maximum Gasteiger partial charge on any atom is 0.180 e. The molecule has 0 bridgehead atoms. The van der Waals surface area contributed by atoms with Gasteiger partial charge in [0.1, 0.15) is 11.2 Å². The van der Waals surface area contributed by atoms with Crippen LogP contribution in [0.15, 0.2) is 350 Å². The summed E-state index contributed by atoms with van der Waals surface area (Å²) in [5.41, 5.74) is 13.4. The smallest absolute Gasteiger partial charge is 0.180 e. The van der Waals surface area contributed by atoms with Crippen LogP contribution in [-0.2, 0) is 6.04 Å². The third-order valence-corrected chi connectivity index (χ3v) is 29.3. The van der Waals surface area contributed by atoms with Crippen molar-refractivity contribution in [3.05, 3.63) is 351 Å². The van der Waals surface area contributed by atoms with Crippen molar-refractivity contribution < 1.29 is 4.42 Å². The first kappa shape index (κ1) is 52.8. The molecule has 428 valence electrons. The number of rotatable bonds is 12. The SMILES string of the molecule is c1ccc(-n2c3ccccc3c3cc([Si](c4ccccc4)(c4ccccc4)c4cccc5c4c4ccccc4n5-c4ccc5c(c4)c4ccccc4n5-c4ccc(C[Si](c5ccccc5)(c5ccccc5)c5ccccc5)c5oc6ccccc6c45)ccc32)cc1. The van der Waals surface area contributed by atoms with Gasteiger partial charge >= 0.3 is 0 Å². The molecule has 18 rings (SSSR count). The molecule has 4 aromatic heterocycles. The summed E-state index contributed by atoms with van der Waals surface area (Å²) in [7, 11) is -5.93. The van der Waals surface area contributed by atoms with Crippen LogP contribution in [0.2, 0.25) is 0 Å². The van der Waals surface area contributed by atoms with Gasteiger partial charge in [-0.05, 0) is 121 Å². The van der Waals surface area contributed by atoms with E-state index in [1.165, 1.54) is 96.3 Å². The summed E-state index contributed by atoms with van der Waals surface area (Å²) < 4.78 is 14.7. The zero-order valence-corrected chi connectivity index (χ0v) is 51.9. The van der Waals surface area contributed by atoms with Gasteiger partial charge < -0.3 is 18.1 Å². The van der Waals surface area contributed by atoms with Gasteiger partial charge in [-0.15, -0.1) is 0 Å². The van der Waals surface area contributed by atoms with Crippen LogP contribution in [0, 0.1) is 0 Å². The first-order valence-corrected chi connectivity index (χ1v) is 35.7. The van der Waals surface area contributed by atoms with Crippen molar-refractivity contribution in [3.63, 3.8) is 0 Å². The van der Waals surface area contributed by atoms with E-state index in [4.69, 9.17) is 4.42 Å². The van der Waals surface area contributed by atoms with E-state index in [0.717, 1.165) is 56.1 Å². The molecule has 0 amide bonds. The normalized spacial score (nSPS) is 12.2. The van der Waals surface area contributed by atoms with Crippen molar-refractivity contribution in [1.29, 1.82) is 0 Å². The van der Waals surface area contributed by atoms with Crippen LogP contribution in [0.5, 0.6) is 0 Å². The minimum Gasteiger partial charge on any atom is -0.456 e.